The summed E-state index contributed by atoms with van der Waals surface area (Å²) in [6, 6.07) is 0. The molecule has 0 aromatic rings. The molecule has 3 heteroatoms. The molecule has 150 valence electrons. The van der Waals surface area contributed by atoms with Crippen LogP contribution in [0.1, 0.15) is 65.2 Å². The number of carbonyl (C=O) groups excluding carboxylic acids is 1. The van der Waals surface area contributed by atoms with Gasteiger partial charge in [-0.1, -0.05) is 75.1 Å². The number of hydroxylamine groups is 2. The Morgan fingerprint density at radius 1 is 1.22 bits per heavy atom. The van der Waals surface area contributed by atoms with Crippen molar-refractivity contribution in [1.29, 1.82) is 0 Å². The van der Waals surface area contributed by atoms with Gasteiger partial charge in [-0.25, -0.2) is 5.06 Å². The molecule has 1 aliphatic rings. The van der Waals surface area contributed by atoms with Crippen LogP contribution in [0, 0.1) is 18.8 Å². The molecule has 0 amide bonds. The first-order valence-corrected chi connectivity index (χ1v) is 9.46. The van der Waals surface area contributed by atoms with Gasteiger partial charge in [0.25, 0.3) is 0 Å². The Kier molecular flexibility index (Phi) is 18.4. The summed E-state index contributed by atoms with van der Waals surface area (Å²) in [7, 11) is 0. The van der Waals surface area contributed by atoms with Crippen molar-refractivity contribution in [2.75, 3.05) is 0 Å². The zero-order valence-electron chi connectivity index (χ0n) is 17.2. The van der Waals surface area contributed by atoms with Crippen LogP contribution < -0.4 is 0 Å². The molecule has 0 aromatic carbocycles. The molecular weight excluding hydrogens is 334 g/mol. The van der Waals surface area contributed by atoms with Crippen molar-refractivity contribution in [2.24, 2.45) is 5.92 Å². The first-order chi connectivity index (χ1) is 13.1. The zero-order valence-corrected chi connectivity index (χ0v) is 17.2. The molecule has 1 rings (SSSR count). The fraction of sp³-hybridized carbons (Fsp3) is 0.458. The van der Waals surface area contributed by atoms with E-state index in [9.17, 15) is 5.21 Å². The smallest absolute Gasteiger partial charge is 0.106 e. The zero-order chi connectivity index (χ0) is 21.1. The Morgan fingerprint density at radius 3 is 2.33 bits per heavy atom. The van der Waals surface area contributed by atoms with E-state index >= 15 is 0 Å². The maximum atomic E-state index is 10.2. The molecular formula is C24H37NO2. The minimum Gasteiger partial charge on any atom is -0.307 e. The average Bonchev–Trinajstić information content (AvgIpc) is 2.73. The van der Waals surface area contributed by atoms with Crippen LogP contribution in [0.3, 0.4) is 0 Å². The summed E-state index contributed by atoms with van der Waals surface area (Å²) in [4.78, 5) is 8.00. The number of carbonyl (C=O) groups is 1. The van der Waals surface area contributed by atoms with Crippen LogP contribution in [-0.2, 0) is 4.79 Å². The second kappa shape index (κ2) is 18.5. The Hall–Kier alpha value is -2.31. The standard InChI is InChI=1S/C21H33NO.C2H2.CH2O/c1-5-7-11-20(6-2)16-19(4)22(23)17-18(3)14-15-21-12-9-8-10-13-21;2*1-2/h5-7,11,17,21,23H,2,4,8-10,12-16H2,1,3H3;1-2H;1H2/b7-5-,18-17+,20-11+;;. The number of hydrogen-bond acceptors (Lipinski definition) is 3. The van der Waals surface area contributed by atoms with E-state index in [4.69, 9.17) is 4.79 Å². The Labute approximate surface area is 166 Å². The first kappa shape index (κ1) is 26.9. The van der Waals surface area contributed by atoms with E-state index < -0.39 is 0 Å². The van der Waals surface area contributed by atoms with Crippen molar-refractivity contribution in [3.63, 3.8) is 0 Å². The van der Waals surface area contributed by atoms with E-state index in [0.717, 1.165) is 17.9 Å². The van der Waals surface area contributed by atoms with Gasteiger partial charge in [0.05, 0.1) is 0 Å². The molecule has 0 spiro atoms. The summed E-state index contributed by atoms with van der Waals surface area (Å²) in [6.45, 7) is 13.8. The van der Waals surface area contributed by atoms with E-state index in [1.807, 2.05) is 38.1 Å². The van der Waals surface area contributed by atoms with Crippen molar-refractivity contribution in [3.05, 3.63) is 60.5 Å². The van der Waals surface area contributed by atoms with Crippen LogP contribution in [0.25, 0.3) is 0 Å². The minimum absolute atomic E-state index is 0.594. The number of terminal acetylenes is 1. The third kappa shape index (κ3) is 13.5. The number of nitrogens with zero attached hydrogens (tertiary/aromatic N) is 1. The molecule has 1 saturated carbocycles. The summed E-state index contributed by atoms with van der Waals surface area (Å²) in [5.41, 5.74) is 2.91. The third-order valence-electron chi connectivity index (χ3n) is 4.51. The van der Waals surface area contributed by atoms with Gasteiger partial charge in [0.2, 0.25) is 0 Å². The lowest BCUT2D eigenvalue weighted by Crippen LogP contribution is -2.12. The van der Waals surface area contributed by atoms with E-state index in [1.165, 1.54) is 49.2 Å². The highest BCUT2D eigenvalue weighted by Gasteiger charge is 2.13. The summed E-state index contributed by atoms with van der Waals surface area (Å²) < 4.78 is 0. The summed E-state index contributed by atoms with van der Waals surface area (Å²) in [6.07, 6.45) is 27.4. The van der Waals surface area contributed by atoms with Crippen molar-refractivity contribution in [2.45, 2.75) is 65.2 Å². The van der Waals surface area contributed by atoms with Gasteiger partial charge >= 0.3 is 0 Å². The summed E-state index contributed by atoms with van der Waals surface area (Å²) in [5, 5.41) is 11.3. The highest BCUT2D eigenvalue weighted by Crippen LogP contribution is 2.28. The molecule has 0 aromatic heterocycles. The van der Waals surface area contributed by atoms with Gasteiger partial charge in [-0.15, -0.1) is 12.8 Å². The Bertz CT molecular complexity index is 520. The van der Waals surface area contributed by atoms with E-state index in [1.54, 1.807) is 6.08 Å². The lowest BCUT2D eigenvalue weighted by Gasteiger charge is -2.22. The predicted octanol–water partition coefficient (Wildman–Crippen LogP) is 6.60. The molecule has 27 heavy (non-hydrogen) atoms. The largest absolute Gasteiger partial charge is 0.307 e. The van der Waals surface area contributed by atoms with Crippen molar-refractivity contribution in [1.82, 2.24) is 5.06 Å². The number of rotatable bonds is 9. The van der Waals surface area contributed by atoms with Gasteiger partial charge in [-0.2, -0.15) is 0 Å². The number of allylic oxidation sites excluding steroid dienone is 6. The second-order valence-electron chi connectivity index (χ2n) is 6.58. The third-order valence-corrected chi connectivity index (χ3v) is 4.51. The predicted molar refractivity (Wildman–Crippen MR) is 117 cm³/mol. The topological polar surface area (TPSA) is 40.5 Å². The van der Waals surface area contributed by atoms with Gasteiger partial charge < -0.3 is 4.79 Å². The molecule has 3 nitrogen and oxygen atoms in total. The normalized spacial score (nSPS) is 15.1. The highest BCUT2D eigenvalue weighted by molar-refractivity contribution is 5.26. The van der Waals surface area contributed by atoms with E-state index in [2.05, 4.69) is 32.9 Å². The SMILES string of the molecule is C#C.C=C/C(=C\C=C/C)CC(=C)N(O)/C=C(\C)CCC1CCCCC1.C=O. The van der Waals surface area contributed by atoms with Gasteiger partial charge in [0.1, 0.15) is 6.79 Å². The molecule has 1 fully saturated rings. The first-order valence-electron chi connectivity index (χ1n) is 9.46. The van der Waals surface area contributed by atoms with Gasteiger partial charge in [0.15, 0.2) is 0 Å². The van der Waals surface area contributed by atoms with Crippen molar-refractivity contribution < 1.29 is 10.0 Å². The molecule has 0 unspecified atom stereocenters. The van der Waals surface area contributed by atoms with Gasteiger partial charge in [0, 0.05) is 18.3 Å². The lowest BCUT2D eigenvalue weighted by atomic mass is 9.85. The number of hydrogen-bond donors (Lipinski definition) is 1. The van der Waals surface area contributed by atoms with Gasteiger partial charge in [-0.3, -0.25) is 5.21 Å². The monoisotopic (exact) mass is 371 g/mol. The maximum Gasteiger partial charge on any atom is 0.106 e. The van der Waals surface area contributed by atoms with Crippen LogP contribution in [-0.4, -0.2) is 17.1 Å². The molecule has 0 heterocycles. The summed E-state index contributed by atoms with van der Waals surface area (Å²) >= 11 is 0. The quantitative estimate of drug-likeness (QED) is 0.282. The molecule has 1 N–H and O–H groups in total. The minimum atomic E-state index is 0.594. The lowest BCUT2D eigenvalue weighted by molar-refractivity contribution is -0.0979. The average molecular weight is 372 g/mol. The summed E-state index contributed by atoms with van der Waals surface area (Å²) in [5.74, 6) is 0.874. The second-order valence-corrected chi connectivity index (χ2v) is 6.58. The van der Waals surface area contributed by atoms with E-state index in [-0.39, 0.29) is 0 Å². The van der Waals surface area contributed by atoms with Crippen LogP contribution in [0.2, 0.25) is 0 Å². The van der Waals surface area contributed by atoms with Crippen LogP contribution in [0.5, 0.6) is 0 Å². The highest BCUT2D eigenvalue weighted by atomic mass is 16.5. The molecule has 0 radical (unpaired) electrons. The maximum absolute atomic E-state index is 10.2. The molecule has 0 aliphatic heterocycles. The van der Waals surface area contributed by atoms with E-state index in [0.29, 0.717) is 12.1 Å². The fourth-order valence-electron chi connectivity index (χ4n) is 3.01. The van der Waals surface area contributed by atoms with Crippen molar-refractivity contribution >= 4 is 6.79 Å². The van der Waals surface area contributed by atoms with Crippen molar-refractivity contribution in [3.8, 4) is 12.8 Å². The Balaban J connectivity index is 0. The molecule has 0 atom stereocenters. The molecule has 0 bridgehead atoms. The van der Waals surface area contributed by atoms with Crippen LogP contribution in [0.4, 0.5) is 0 Å². The van der Waals surface area contributed by atoms with Gasteiger partial charge in [-0.05, 0) is 38.2 Å². The molecule has 0 saturated heterocycles. The molecule has 1 aliphatic carbocycles. The van der Waals surface area contributed by atoms with Crippen LogP contribution in [0.15, 0.2) is 60.5 Å². The Morgan fingerprint density at radius 2 is 1.81 bits per heavy atom. The van der Waals surface area contributed by atoms with Crippen LogP contribution >= 0.6 is 0 Å². The fourth-order valence-corrected chi connectivity index (χ4v) is 3.01.